The van der Waals surface area contributed by atoms with E-state index in [0.29, 0.717) is 22.8 Å². The zero-order chi connectivity index (χ0) is 21.0. The number of nitrogen functional groups attached to an aromatic ring is 1. The van der Waals surface area contributed by atoms with Crippen LogP contribution < -0.4 is 15.8 Å². The molecule has 0 aliphatic carbocycles. The van der Waals surface area contributed by atoms with Crippen LogP contribution in [0.3, 0.4) is 0 Å². The first-order valence-corrected chi connectivity index (χ1v) is 8.56. The molecule has 9 nitrogen and oxygen atoms in total. The van der Waals surface area contributed by atoms with Crippen LogP contribution in [0.4, 0.5) is 20.6 Å². The number of aromatic nitrogens is 3. The maximum atomic E-state index is 14.0. The highest BCUT2D eigenvalue weighted by Gasteiger charge is 2.15. The third-order valence-corrected chi connectivity index (χ3v) is 4.05. The van der Waals surface area contributed by atoms with Gasteiger partial charge < -0.3 is 20.3 Å². The summed E-state index contributed by atoms with van der Waals surface area (Å²) in [6.45, 7) is 0.0914. The Hall–Kier alpha value is -3.66. The fourth-order valence-electron chi connectivity index (χ4n) is 2.82. The summed E-state index contributed by atoms with van der Waals surface area (Å²) in [7, 11) is 3.26. The van der Waals surface area contributed by atoms with Crippen molar-refractivity contribution in [3.63, 3.8) is 0 Å². The summed E-state index contributed by atoms with van der Waals surface area (Å²) >= 11 is 0. The lowest BCUT2D eigenvalue weighted by Gasteiger charge is -2.13. The summed E-state index contributed by atoms with van der Waals surface area (Å²) in [5, 5.41) is 15.2. The Morgan fingerprint density at radius 2 is 2.10 bits per heavy atom. The molecule has 0 saturated heterocycles. The van der Waals surface area contributed by atoms with E-state index in [9.17, 15) is 9.18 Å². The van der Waals surface area contributed by atoms with E-state index in [1.165, 1.54) is 25.3 Å². The predicted molar refractivity (Wildman–Crippen MR) is 104 cm³/mol. The number of anilines is 2. The molecule has 10 heteroatoms. The second-order valence-corrected chi connectivity index (χ2v) is 6.24. The van der Waals surface area contributed by atoms with Crippen LogP contribution in [0.15, 0.2) is 36.7 Å². The average molecular weight is 401 g/mol. The van der Waals surface area contributed by atoms with E-state index < -0.39 is 11.9 Å². The Bertz CT molecular complexity index is 1040. The molecule has 0 atom stereocenters. The Morgan fingerprint density at radius 1 is 1.31 bits per heavy atom. The fourth-order valence-corrected chi connectivity index (χ4v) is 2.82. The van der Waals surface area contributed by atoms with Crippen LogP contribution in [0.25, 0.3) is 11.4 Å². The van der Waals surface area contributed by atoms with Crippen molar-refractivity contribution in [1.82, 2.24) is 14.8 Å². The molecule has 1 heterocycles. The molecule has 0 fully saturated rings. The molecule has 0 spiro atoms. The number of carbonyl (C=O) groups is 1. The summed E-state index contributed by atoms with van der Waals surface area (Å²) in [6, 6.07) is 7.39. The van der Waals surface area contributed by atoms with Crippen LogP contribution >= 0.6 is 0 Å². The molecule has 0 aliphatic rings. The Kier molecular flexibility index (Phi) is 5.93. The quantitative estimate of drug-likeness (QED) is 0.520. The highest BCUT2D eigenvalue weighted by molar-refractivity contribution is 5.82. The minimum Gasteiger partial charge on any atom is -0.494 e. The molecule has 0 bridgehead atoms. The van der Waals surface area contributed by atoms with Crippen molar-refractivity contribution in [3.8, 4) is 17.1 Å². The molecule has 0 saturated carbocycles. The number of benzene rings is 2. The van der Waals surface area contributed by atoms with Crippen LogP contribution in [0.1, 0.15) is 11.1 Å². The number of carboxylic acid groups (broad SMARTS) is 1. The van der Waals surface area contributed by atoms with Gasteiger partial charge in [-0.1, -0.05) is 0 Å². The van der Waals surface area contributed by atoms with E-state index in [4.69, 9.17) is 20.3 Å². The monoisotopic (exact) mass is 401 g/mol. The molecule has 0 aliphatic heterocycles. The summed E-state index contributed by atoms with van der Waals surface area (Å²) in [4.78, 5) is 14.9. The molecule has 3 rings (SSSR count). The van der Waals surface area contributed by atoms with Crippen molar-refractivity contribution < 1.29 is 23.8 Å². The van der Waals surface area contributed by atoms with Gasteiger partial charge >= 0.3 is 6.09 Å². The van der Waals surface area contributed by atoms with Gasteiger partial charge in [-0.3, -0.25) is 10.00 Å². The zero-order valence-electron chi connectivity index (χ0n) is 15.8. The number of nitrogens with one attached hydrogen (secondary N) is 1. The van der Waals surface area contributed by atoms with Gasteiger partial charge in [-0.15, -0.1) is 0 Å². The molecular formula is C19H20FN5O4. The molecule has 0 unspecified atom stereocenters. The standard InChI is InChI=1S/C19H20FN5O4/c1-25-10-22-18(24-25)14-5-11(6-16(21)17(14)28-2)8-29-9-12-7-13(23-19(26)27)3-4-15(12)20/h3-7,10,23H,8-9,21H2,1-2H3,(H,26,27). The summed E-state index contributed by atoms with van der Waals surface area (Å²) in [5.41, 5.74) is 8.31. The van der Waals surface area contributed by atoms with Crippen molar-refractivity contribution in [2.45, 2.75) is 13.2 Å². The van der Waals surface area contributed by atoms with E-state index in [2.05, 4.69) is 15.4 Å². The minimum absolute atomic E-state index is 0.0515. The van der Waals surface area contributed by atoms with E-state index in [0.717, 1.165) is 5.56 Å². The van der Waals surface area contributed by atoms with E-state index >= 15 is 0 Å². The van der Waals surface area contributed by atoms with Crippen molar-refractivity contribution in [2.75, 3.05) is 18.2 Å². The van der Waals surface area contributed by atoms with Gasteiger partial charge in [0.2, 0.25) is 0 Å². The van der Waals surface area contributed by atoms with Crippen LogP contribution in [0.2, 0.25) is 0 Å². The first-order valence-electron chi connectivity index (χ1n) is 8.56. The summed E-state index contributed by atoms with van der Waals surface area (Å²) in [6.07, 6.45) is 0.336. The van der Waals surface area contributed by atoms with E-state index in [1.807, 2.05) is 0 Å². The fraction of sp³-hybridized carbons (Fsp3) is 0.211. The lowest BCUT2D eigenvalue weighted by Crippen LogP contribution is -2.08. The predicted octanol–water partition coefficient (Wildman–Crippen LogP) is 3.02. The molecule has 1 amide bonds. The van der Waals surface area contributed by atoms with Crippen molar-refractivity contribution in [1.29, 1.82) is 0 Å². The first kappa shape index (κ1) is 20.1. The molecular weight excluding hydrogens is 381 g/mol. The lowest BCUT2D eigenvalue weighted by atomic mass is 10.1. The summed E-state index contributed by atoms with van der Waals surface area (Å²) < 4.78 is 26.5. The highest BCUT2D eigenvalue weighted by atomic mass is 19.1. The highest BCUT2D eigenvalue weighted by Crippen LogP contribution is 2.34. The second kappa shape index (κ2) is 8.57. The number of amides is 1. The smallest absolute Gasteiger partial charge is 0.409 e. The number of hydrogen-bond acceptors (Lipinski definition) is 6. The van der Waals surface area contributed by atoms with Crippen LogP contribution in [-0.2, 0) is 25.0 Å². The minimum atomic E-state index is -1.23. The number of rotatable bonds is 7. The van der Waals surface area contributed by atoms with Gasteiger partial charge in [-0.05, 0) is 35.9 Å². The van der Waals surface area contributed by atoms with Gasteiger partial charge in [0.1, 0.15) is 12.1 Å². The number of ether oxygens (including phenoxy) is 2. The zero-order valence-corrected chi connectivity index (χ0v) is 15.8. The Morgan fingerprint density at radius 3 is 2.76 bits per heavy atom. The van der Waals surface area contributed by atoms with Gasteiger partial charge in [-0.2, -0.15) is 5.10 Å². The topological polar surface area (TPSA) is 125 Å². The number of methoxy groups -OCH3 is 1. The van der Waals surface area contributed by atoms with Crippen molar-refractivity contribution in [3.05, 3.63) is 53.6 Å². The van der Waals surface area contributed by atoms with Gasteiger partial charge in [0, 0.05) is 18.3 Å². The van der Waals surface area contributed by atoms with Crippen molar-refractivity contribution >= 4 is 17.5 Å². The maximum absolute atomic E-state index is 14.0. The molecule has 0 radical (unpaired) electrons. The number of halogens is 1. The molecule has 4 N–H and O–H groups in total. The molecule has 1 aromatic heterocycles. The third kappa shape index (κ3) is 4.79. The normalized spacial score (nSPS) is 10.7. The number of nitrogens with two attached hydrogens (primary N) is 1. The first-order chi connectivity index (χ1) is 13.9. The second-order valence-electron chi connectivity index (χ2n) is 6.24. The number of nitrogens with zero attached hydrogens (tertiary/aromatic N) is 3. The molecule has 152 valence electrons. The van der Waals surface area contributed by atoms with E-state index in [-0.39, 0.29) is 24.5 Å². The van der Waals surface area contributed by atoms with Crippen molar-refractivity contribution in [2.24, 2.45) is 7.05 Å². The third-order valence-electron chi connectivity index (χ3n) is 4.05. The Balaban J connectivity index is 1.76. The Labute approximate surface area is 165 Å². The summed E-state index contributed by atoms with van der Waals surface area (Å²) in [5.74, 6) is 0.420. The van der Waals surface area contributed by atoms with Crippen LogP contribution in [0.5, 0.6) is 5.75 Å². The maximum Gasteiger partial charge on any atom is 0.409 e. The molecule has 29 heavy (non-hydrogen) atoms. The largest absolute Gasteiger partial charge is 0.494 e. The SMILES string of the molecule is COc1c(N)cc(COCc2cc(NC(=O)O)ccc2F)cc1-c1ncn(C)n1. The number of aryl methyl sites for hydroxylation is 1. The average Bonchev–Trinajstić information content (AvgIpc) is 3.09. The lowest BCUT2D eigenvalue weighted by molar-refractivity contribution is 0.105. The van der Waals surface area contributed by atoms with Crippen LogP contribution in [0, 0.1) is 5.82 Å². The van der Waals surface area contributed by atoms with E-state index in [1.54, 1.807) is 30.2 Å². The van der Waals surface area contributed by atoms with Crippen LogP contribution in [-0.4, -0.2) is 33.1 Å². The molecule has 2 aromatic carbocycles. The number of hydrogen-bond donors (Lipinski definition) is 3. The van der Waals surface area contributed by atoms with Gasteiger partial charge in [0.05, 0.1) is 31.6 Å². The van der Waals surface area contributed by atoms with Gasteiger partial charge in [0.15, 0.2) is 11.6 Å². The molecule has 3 aromatic rings. The van der Waals surface area contributed by atoms with Gasteiger partial charge in [0.25, 0.3) is 0 Å². The van der Waals surface area contributed by atoms with Gasteiger partial charge in [-0.25, -0.2) is 14.2 Å².